The Morgan fingerprint density at radius 2 is 2.10 bits per heavy atom. The number of nitrogens with two attached hydrogens (primary N) is 2. The molecule has 0 amide bonds. The number of guanidine groups is 1. The summed E-state index contributed by atoms with van der Waals surface area (Å²) < 4.78 is 10.9. The summed E-state index contributed by atoms with van der Waals surface area (Å²) in [6.45, 7) is 0.328. The molecular weight excluding hydrogens is 272 g/mol. The molecule has 8 nitrogen and oxygen atoms in total. The van der Waals surface area contributed by atoms with Crippen molar-refractivity contribution in [2.75, 3.05) is 12.0 Å². The van der Waals surface area contributed by atoms with Gasteiger partial charge >= 0.3 is 0 Å². The smallest absolute Gasteiger partial charge is 0.262 e. The van der Waals surface area contributed by atoms with Gasteiger partial charge in [0.15, 0.2) is 11.7 Å². The van der Waals surface area contributed by atoms with Gasteiger partial charge in [0, 0.05) is 0 Å². The Morgan fingerprint density at radius 1 is 1.24 bits per heavy atom. The highest BCUT2D eigenvalue weighted by Gasteiger charge is 2.18. The van der Waals surface area contributed by atoms with E-state index in [-0.39, 0.29) is 19.3 Å². The number of para-hydroxylation sites is 2. The Morgan fingerprint density at radius 3 is 2.95 bits per heavy atom. The zero-order valence-electron chi connectivity index (χ0n) is 11.1. The predicted molar refractivity (Wildman–Crippen MR) is 77.3 cm³/mol. The third-order valence-corrected chi connectivity index (χ3v) is 2.76. The normalized spacial score (nSPS) is 11.6. The first-order valence-corrected chi connectivity index (χ1v) is 6.26. The van der Waals surface area contributed by atoms with Crippen LogP contribution in [0.1, 0.15) is 5.69 Å². The van der Waals surface area contributed by atoms with Gasteiger partial charge in [-0.2, -0.15) is 0 Å². The molecule has 21 heavy (non-hydrogen) atoms. The number of nitrogens with one attached hydrogen (secondary N) is 1. The second kappa shape index (κ2) is 5.63. The number of benzene rings is 1. The predicted octanol–water partition coefficient (Wildman–Crippen LogP) is 1.07. The van der Waals surface area contributed by atoms with Gasteiger partial charge in [-0.05, 0) is 18.2 Å². The highest BCUT2D eigenvalue weighted by atomic mass is 16.5. The van der Waals surface area contributed by atoms with E-state index in [4.69, 9.17) is 20.9 Å². The van der Waals surface area contributed by atoms with E-state index in [0.29, 0.717) is 11.6 Å². The summed E-state index contributed by atoms with van der Waals surface area (Å²) in [6, 6.07) is 9.42. The van der Waals surface area contributed by atoms with Gasteiger partial charge in [0.25, 0.3) is 5.88 Å². The quantitative estimate of drug-likeness (QED) is 0.372. The van der Waals surface area contributed by atoms with Crippen molar-refractivity contribution in [1.82, 2.24) is 10.2 Å². The first-order valence-electron chi connectivity index (χ1n) is 6.26. The second-order valence-corrected chi connectivity index (χ2v) is 4.34. The maximum absolute atomic E-state index is 5.66. The van der Waals surface area contributed by atoms with E-state index in [2.05, 4.69) is 20.5 Å². The topological polar surface area (TPSA) is 121 Å². The van der Waals surface area contributed by atoms with Crippen LogP contribution in [0.4, 0.5) is 11.4 Å². The van der Waals surface area contributed by atoms with Crippen LogP contribution in [0.5, 0.6) is 11.6 Å². The first-order chi connectivity index (χ1) is 10.2. The van der Waals surface area contributed by atoms with Gasteiger partial charge in [0.05, 0.1) is 18.0 Å². The zero-order valence-corrected chi connectivity index (χ0v) is 11.1. The number of hydrogen-bond acceptors (Lipinski definition) is 6. The maximum atomic E-state index is 5.66. The first kappa shape index (κ1) is 13.1. The average Bonchev–Trinajstić information content (AvgIpc) is 2.49. The molecule has 8 heteroatoms. The maximum Gasteiger partial charge on any atom is 0.262 e. The van der Waals surface area contributed by atoms with E-state index in [9.17, 15) is 0 Å². The number of aliphatic imine (C=N–C) groups is 1. The van der Waals surface area contributed by atoms with Crippen molar-refractivity contribution in [2.24, 2.45) is 16.5 Å². The highest BCUT2D eigenvalue weighted by Crippen LogP contribution is 2.39. The van der Waals surface area contributed by atoms with Crippen molar-refractivity contribution < 1.29 is 9.47 Å². The van der Waals surface area contributed by atoms with Crippen molar-refractivity contribution in [1.29, 1.82) is 0 Å². The number of fused-ring (bicyclic) bond motifs is 2. The number of anilines is 2. The van der Waals surface area contributed by atoms with Crippen LogP contribution < -0.4 is 21.5 Å². The van der Waals surface area contributed by atoms with Gasteiger partial charge in [-0.25, -0.2) is 4.99 Å². The molecule has 2 heterocycles. The Bertz CT molecular complexity index is 684. The van der Waals surface area contributed by atoms with Gasteiger partial charge in [0.2, 0.25) is 0 Å². The fourth-order valence-corrected chi connectivity index (χ4v) is 1.83. The minimum Gasteiger partial charge on any atom is -0.434 e. The summed E-state index contributed by atoms with van der Waals surface area (Å²) in [5.41, 5.74) is 12.7. The molecule has 2 aromatic rings. The van der Waals surface area contributed by atoms with Crippen LogP contribution in [0.25, 0.3) is 0 Å². The van der Waals surface area contributed by atoms with Gasteiger partial charge in [-0.1, -0.05) is 12.1 Å². The van der Waals surface area contributed by atoms with E-state index in [1.165, 1.54) is 0 Å². The molecule has 0 unspecified atom stereocenters. The third kappa shape index (κ3) is 3.00. The Balaban J connectivity index is 1.70. The van der Waals surface area contributed by atoms with Crippen molar-refractivity contribution in [3.63, 3.8) is 0 Å². The minimum atomic E-state index is -0.0156. The van der Waals surface area contributed by atoms with Crippen molar-refractivity contribution in [2.45, 2.75) is 6.61 Å². The molecule has 0 saturated carbocycles. The van der Waals surface area contributed by atoms with E-state index in [1.807, 2.05) is 30.3 Å². The van der Waals surface area contributed by atoms with Crippen molar-refractivity contribution in [3.05, 3.63) is 36.0 Å². The van der Waals surface area contributed by atoms with Crippen LogP contribution in [0, 0.1) is 0 Å². The monoisotopic (exact) mass is 286 g/mol. The van der Waals surface area contributed by atoms with Gasteiger partial charge in [-0.3, -0.25) is 0 Å². The minimum absolute atomic E-state index is 0.0156. The summed E-state index contributed by atoms with van der Waals surface area (Å²) in [7, 11) is 0. The summed E-state index contributed by atoms with van der Waals surface area (Å²) in [4.78, 5) is 3.72. The lowest BCUT2D eigenvalue weighted by Crippen LogP contribution is -2.23. The van der Waals surface area contributed by atoms with Crippen LogP contribution in [-0.4, -0.2) is 22.9 Å². The molecule has 0 saturated heterocycles. The SMILES string of the molecule is NC(N)=NCOCc1cc2c(nn1)Oc1ccccc1N2. The molecule has 1 aliphatic rings. The van der Waals surface area contributed by atoms with Crippen LogP contribution in [0.2, 0.25) is 0 Å². The molecule has 0 fully saturated rings. The van der Waals surface area contributed by atoms with Crippen LogP contribution in [-0.2, 0) is 11.3 Å². The molecule has 1 aromatic carbocycles. The standard InChI is InChI=1S/C13H14N6O2/c14-13(15)16-7-20-6-8-5-10-12(19-18-8)21-11-4-2-1-3-9(11)17-10/h1-5,17H,6-7H2,(H4,14,15,16). The number of hydrogen-bond donors (Lipinski definition) is 3. The molecule has 1 aliphatic heterocycles. The molecule has 0 bridgehead atoms. The Kier molecular flexibility index (Phi) is 3.52. The van der Waals surface area contributed by atoms with E-state index in [1.54, 1.807) is 0 Å². The number of aromatic nitrogens is 2. The second-order valence-electron chi connectivity index (χ2n) is 4.34. The summed E-state index contributed by atoms with van der Waals surface area (Å²) >= 11 is 0. The lowest BCUT2D eigenvalue weighted by molar-refractivity contribution is 0.125. The van der Waals surface area contributed by atoms with Crippen LogP contribution in [0.15, 0.2) is 35.3 Å². The fraction of sp³-hybridized carbons (Fsp3) is 0.154. The summed E-state index contributed by atoms with van der Waals surface area (Å²) in [6.07, 6.45) is 0. The van der Waals surface area contributed by atoms with E-state index in [0.717, 1.165) is 17.1 Å². The largest absolute Gasteiger partial charge is 0.434 e. The fourth-order valence-electron chi connectivity index (χ4n) is 1.83. The number of rotatable bonds is 4. The Labute approximate surface area is 120 Å². The summed E-state index contributed by atoms with van der Waals surface area (Å²) in [5, 5.41) is 11.3. The van der Waals surface area contributed by atoms with Gasteiger partial charge < -0.3 is 26.3 Å². The lowest BCUT2D eigenvalue weighted by Gasteiger charge is -2.20. The zero-order chi connectivity index (χ0) is 14.7. The molecule has 5 N–H and O–H groups in total. The number of ether oxygens (including phenoxy) is 2. The highest BCUT2D eigenvalue weighted by molar-refractivity contribution is 5.75. The number of nitrogens with zero attached hydrogens (tertiary/aromatic N) is 3. The van der Waals surface area contributed by atoms with E-state index < -0.39 is 0 Å². The molecule has 0 radical (unpaired) electrons. The van der Waals surface area contributed by atoms with Gasteiger partial charge in [-0.15, -0.1) is 10.2 Å². The van der Waals surface area contributed by atoms with Crippen molar-refractivity contribution in [3.8, 4) is 11.6 Å². The molecule has 3 rings (SSSR count). The van der Waals surface area contributed by atoms with Crippen LogP contribution >= 0.6 is 0 Å². The molecular formula is C13H14N6O2. The van der Waals surface area contributed by atoms with Crippen LogP contribution in [0.3, 0.4) is 0 Å². The Hall–Kier alpha value is -2.87. The molecule has 1 aromatic heterocycles. The molecule has 0 aliphatic carbocycles. The third-order valence-electron chi connectivity index (χ3n) is 2.76. The molecule has 0 spiro atoms. The molecule has 0 atom stereocenters. The average molecular weight is 286 g/mol. The lowest BCUT2D eigenvalue weighted by atomic mass is 10.2. The van der Waals surface area contributed by atoms with E-state index >= 15 is 0 Å². The molecule has 108 valence electrons. The van der Waals surface area contributed by atoms with Gasteiger partial charge in [0.1, 0.15) is 12.4 Å². The summed E-state index contributed by atoms with van der Waals surface area (Å²) in [5.74, 6) is 1.14. The van der Waals surface area contributed by atoms with Crippen molar-refractivity contribution >= 4 is 17.3 Å².